The van der Waals surface area contributed by atoms with Crippen LogP contribution in [0.25, 0.3) is 0 Å². The molecule has 0 spiro atoms. The van der Waals surface area contributed by atoms with Crippen molar-refractivity contribution in [3.8, 4) is 5.75 Å². The van der Waals surface area contributed by atoms with E-state index in [4.69, 9.17) is 10.5 Å². The average Bonchev–Trinajstić information content (AvgIpc) is 2.27. The maximum absolute atomic E-state index is 13.4. The highest BCUT2D eigenvalue weighted by molar-refractivity contribution is 5.38. The number of ether oxygens (including phenoxy) is 1. The van der Waals surface area contributed by atoms with Crippen molar-refractivity contribution in [2.45, 2.75) is 18.9 Å². The highest BCUT2D eigenvalue weighted by atomic mass is 19.1. The van der Waals surface area contributed by atoms with Crippen LogP contribution in [0.3, 0.4) is 0 Å². The lowest BCUT2D eigenvalue weighted by Crippen LogP contribution is -2.11. The van der Waals surface area contributed by atoms with E-state index < -0.39 is 17.7 Å². The standard InChI is InChI=1S/C10H11F2NO/c11-6-4-7(12)10-8(13)2-1-3-14-9(10)5-6/h4-5,8H,1-3,13H2. The molecule has 1 atom stereocenters. The zero-order valence-corrected chi connectivity index (χ0v) is 7.59. The van der Waals surface area contributed by atoms with Gasteiger partial charge in [-0.15, -0.1) is 0 Å². The quantitative estimate of drug-likeness (QED) is 0.694. The Morgan fingerprint density at radius 3 is 2.93 bits per heavy atom. The van der Waals surface area contributed by atoms with Crippen LogP contribution in [-0.4, -0.2) is 6.61 Å². The smallest absolute Gasteiger partial charge is 0.134 e. The number of rotatable bonds is 0. The molecule has 1 aliphatic heterocycles. The van der Waals surface area contributed by atoms with Gasteiger partial charge < -0.3 is 10.5 Å². The van der Waals surface area contributed by atoms with Crippen molar-refractivity contribution in [3.63, 3.8) is 0 Å². The summed E-state index contributed by atoms with van der Waals surface area (Å²) in [4.78, 5) is 0. The molecule has 0 bridgehead atoms. The lowest BCUT2D eigenvalue weighted by Gasteiger charge is -2.12. The van der Waals surface area contributed by atoms with Crippen LogP contribution >= 0.6 is 0 Å². The van der Waals surface area contributed by atoms with E-state index in [0.717, 1.165) is 12.5 Å². The fraction of sp³-hybridized carbons (Fsp3) is 0.400. The zero-order valence-electron chi connectivity index (χ0n) is 7.59. The van der Waals surface area contributed by atoms with Gasteiger partial charge >= 0.3 is 0 Å². The third-order valence-electron chi connectivity index (χ3n) is 2.34. The molecule has 0 fully saturated rings. The Labute approximate surface area is 80.7 Å². The van der Waals surface area contributed by atoms with Gasteiger partial charge in [-0.1, -0.05) is 0 Å². The van der Waals surface area contributed by atoms with Crippen LogP contribution in [0.1, 0.15) is 24.4 Å². The molecule has 14 heavy (non-hydrogen) atoms. The van der Waals surface area contributed by atoms with Gasteiger partial charge in [-0.25, -0.2) is 8.78 Å². The highest BCUT2D eigenvalue weighted by Gasteiger charge is 2.21. The third-order valence-corrected chi connectivity index (χ3v) is 2.34. The summed E-state index contributed by atoms with van der Waals surface area (Å²) in [5.74, 6) is -1.00. The van der Waals surface area contributed by atoms with Crippen molar-refractivity contribution >= 4 is 0 Å². The lowest BCUT2D eigenvalue weighted by molar-refractivity contribution is 0.313. The van der Waals surface area contributed by atoms with Crippen molar-refractivity contribution in [1.82, 2.24) is 0 Å². The second-order valence-corrected chi connectivity index (χ2v) is 3.40. The molecule has 2 N–H and O–H groups in total. The molecule has 1 unspecified atom stereocenters. The summed E-state index contributed by atoms with van der Waals surface area (Å²) in [6.45, 7) is 0.462. The number of hydrogen-bond donors (Lipinski definition) is 1. The summed E-state index contributed by atoms with van der Waals surface area (Å²) < 4.78 is 31.4. The fourth-order valence-electron chi connectivity index (χ4n) is 1.67. The number of fused-ring (bicyclic) bond motifs is 1. The van der Waals surface area contributed by atoms with Crippen LogP contribution in [0.15, 0.2) is 12.1 Å². The van der Waals surface area contributed by atoms with Crippen LogP contribution in [0.5, 0.6) is 5.75 Å². The van der Waals surface area contributed by atoms with E-state index in [-0.39, 0.29) is 5.75 Å². The maximum Gasteiger partial charge on any atom is 0.134 e. The zero-order chi connectivity index (χ0) is 10.1. The number of halogens is 2. The van der Waals surface area contributed by atoms with E-state index in [2.05, 4.69) is 0 Å². The normalized spacial score (nSPS) is 20.9. The van der Waals surface area contributed by atoms with E-state index >= 15 is 0 Å². The molecule has 76 valence electrons. The lowest BCUT2D eigenvalue weighted by atomic mass is 10.0. The third kappa shape index (κ3) is 1.57. The van der Waals surface area contributed by atoms with Gasteiger partial charge in [0.2, 0.25) is 0 Å². The summed E-state index contributed by atoms with van der Waals surface area (Å²) in [6.07, 6.45) is 1.42. The molecule has 0 aromatic heterocycles. The Morgan fingerprint density at radius 2 is 2.14 bits per heavy atom. The molecule has 1 aliphatic rings. The first kappa shape index (κ1) is 9.40. The second kappa shape index (κ2) is 3.53. The molecular weight excluding hydrogens is 188 g/mol. The summed E-state index contributed by atoms with van der Waals surface area (Å²) in [7, 11) is 0. The van der Waals surface area contributed by atoms with E-state index in [1.165, 1.54) is 6.07 Å². The second-order valence-electron chi connectivity index (χ2n) is 3.40. The minimum absolute atomic E-state index is 0.243. The Kier molecular flexibility index (Phi) is 2.37. The van der Waals surface area contributed by atoms with Crippen LogP contribution in [-0.2, 0) is 0 Å². The first-order valence-electron chi connectivity index (χ1n) is 4.56. The van der Waals surface area contributed by atoms with Crippen LogP contribution in [0.4, 0.5) is 8.78 Å². The molecule has 0 saturated carbocycles. The summed E-state index contributed by atoms with van der Waals surface area (Å²) in [5.41, 5.74) is 6.05. The molecule has 1 aromatic rings. The Bertz CT molecular complexity index is 354. The van der Waals surface area contributed by atoms with E-state index in [1.54, 1.807) is 0 Å². The summed E-state index contributed by atoms with van der Waals surface area (Å²) >= 11 is 0. The van der Waals surface area contributed by atoms with Crippen LogP contribution < -0.4 is 10.5 Å². The minimum Gasteiger partial charge on any atom is -0.493 e. The minimum atomic E-state index is -0.629. The molecule has 1 heterocycles. The summed E-state index contributed by atoms with van der Waals surface area (Å²) in [5, 5.41) is 0. The topological polar surface area (TPSA) is 35.2 Å². The van der Waals surface area contributed by atoms with Crippen molar-refractivity contribution < 1.29 is 13.5 Å². The van der Waals surface area contributed by atoms with Gasteiger partial charge in [0.25, 0.3) is 0 Å². The van der Waals surface area contributed by atoms with Crippen molar-refractivity contribution in [2.24, 2.45) is 5.73 Å². The molecular formula is C10H11F2NO. The number of benzene rings is 1. The molecule has 0 aliphatic carbocycles. The van der Waals surface area contributed by atoms with E-state index in [9.17, 15) is 8.78 Å². The van der Waals surface area contributed by atoms with Crippen molar-refractivity contribution in [2.75, 3.05) is 6.61 Å². The molecule has 2 rings (SSSR count). The van der Waals surface area contributed by atoms with E-state index in [0.29, 0.717) is 18.6 Å². The number of hydrogen-bond acceptors (Lipinski definition) is 2. The monoisotopic (exact) mass is 199 g/mol. The van der Waals surface area contributed by atoms with Crippen LogP contribution in [0.2, 0.25) is 0 Å². The highest BCUT2D eigenvalue weighted by Crippen LogP contribution is 2.32. The molecule has 0 saturated heterocycles. The molecule has 1 aromatic carbocycles. The van der Waals surface area contributed by atoms with Crippen molar-refractivity contribution in [1.29, 1.82) is 0 Å². The first-order valence-corrected chi connectivity index (χ1v) is 4.56. The van der Waals surface area contributed by atoms with E-state index in [1.807, 2.05) is 0 Å². The number of nitrogens with two attached hydrogens (primary N) is 1. The SMILES string of the molecule is NC1CCCOc2cc(F)cc(F)c21. The predicted octanol–water partition coefficient (Wildman–Crippen LogP) is 2.14. The molecule has 4 heteroatoms. The summed E-state index contributed by atoms with van der Waals surface area (Å²) in [6, 6.07) is 1.63. The Hall–Kier alpha value is -1.16. The molecule has 0 amide bonds. The maximum atomic E-state index is 13.4. The van der Waals surface area contributed by atoms with Gasteiger partial charge in [0.15, 0.2) is 0 Å². The van der Waals surface area contributed by atoms with Gasteiger partial charge in [0.1, 0.15) is 17.4 Å². The largest absolute Gasteiger partial charge is 0.493 e. The molecule has 0 radical (unpaired) electrons. The van der Waals surface area contributed by atoms with Gasteiger partial charge in [-0.3, -0.25) is 0 Å². The average molecular weight is 199 g/mol. The fourth-order valence-corrected chi connectivity index (χ4v) is 1.67. The first-order chi connectivity index (χ1) is 6.68. The Balaban J connectivity index is 2.53. The van der Waals surface area contributed by atoms with Crippen molar-refractivity contribution in [3.05, 3.63) is 29.3 Å². The van der Waals surface area contributed by atoms with Gasteiger partial charge in [0, 0.05) is 23.7 Å². The van der Waals surface area contributed by atoms with Gasteiger partial charge in [-0.05, 0) is 12.8 Å². The predicted molar refractivity (Wildman–Crippen MR) is 48.0 cm³/mol. The van der Waals surface area contributed by atoms with Crippen LogP contribution in [0, 0.1) is 11.6 Å². The van der Waals surface area contributed by atoms with Gasteiger partial charge in [-0.2, -0.15) is 0 Å². The Morgan fingerprint density at radius 1 is 1.36 bits per heavy atom. The van der Waals surface area contributed by atoms with Gasteiger partial charge in [0.05, 0.1) is 6.61 Å². The molecule has 2 nitrogen and oxygen atoms in total.